The highest BCUT2D eigenvalue weighted by atomic mass is 79.9. The van der Waals surface area contributed by atoms with Crippen molar-refractivity contribution in [1.29, 1.82) is 0 Å². The van der Waals surface area contributed by atoms with Crippen LogP contribution >= 0.6 is 15.9 Å². The topological polar surface area (TPSA) is 33.7 Å². The first-order chi connectivity index (χ1) is 14.1. The molecule has 0 atom stereocenters. The smallest absolute Gasteiger partial charge is 0.162 e. The van der Waals surface area contributed by atoms with Gasteiger partial charge >= 0.3 is 0 Å². The summed E-state index contributed by atoms with van der Waals surface area (Å²) in [5.41, 5.74) is 2.04. The maximum Gasteiger partial charge on any atom is 0.162 e. The Morgan fingerprint density at radius 3 is 2.34 bits per heavy atom. The maximum atomic E-state index is 13.1. The fraction of sp³-hybridized carbons (Fsp3) is 0.478. The van der Waals surface area contributed by atoms with Crippen molar-refractivity contribution in [2.75, 3.05) is 32.8 Å². The average Bonchev–Trinajstić information content (AvgIpc) is 2.72. The van der Waals surface area contributed by atoms with Crippen molar-refractivity contribution in [1.82, 2.24) is 10.2 Å². The zero-order chi connectivity index (χ0) is 21.1. The van der Waals surface area contributed by atoms with E-state index in [9.17, 15) is 4.39 Å². The fourth-order valence-electron chi connectivity index (χ4n) is 3.03. The summed E-state index contributed by atoms with van der Waals surface area (Å²) in [6.45, 7) is 12.3. The van der Waals surface area contributed by atoms with Crippen molar-refractivity contribution in [3.63, 3.8) is 0 Å². The number of ether oxygens (including phenoxy) is 2. The summed E-state index contributed by atoms with van der Waals surface area (Å²) in [6, 6.07) is 10.3. The zero-order valence-electron chi connectivity index (χ0n) is 17.6. The lowest BCUT2D eigenvalue weighted by molar-refractivity contribution is 0.268. The Balaban J connectivity index is 1.94. The Morgan fingerprint density at radius 2 is 1.69 bits per heavy atom. The molecule has 0 bridgehead atoms. The summed E-state index contributed by atoms with van der Waals surface area (Å²) in [5.74, 6) is 1.14. The van der Waals surface area contributed by atoms with Gasteiger partial charge < -0.3 is 19.7 Å². The molecule has 1 N–H and O–H groups in total. The highest BCUT2D eigenvalue weighted by Crippen LogP contribution is 2.34. The van der Waals surface area contributed by atoms with Crippen LogP contribution in [0.4, 0.5) is 4.39 Å². The molecule has 0 saturated carbocycles. The van der Waals surface area contributed by atoms with Crippen molar-refractivity contribution in [3.05, 3.63) is 57.8 Å². The highest BCUT2D eigenvalue weighted by Gasteiger charge is 2.11. The van der Waals surface area contributed by atoms with Crippen LogP contribution in [0.2, 0.25) is 0 Å². The molecule has 0 heterocycles. The van der Waals surface area contributed by atoms with Crippen molar-refractivity contribution >= 4 is 15.9 Å². The average molecular weight is 467 g/mol. The van der Waals surface area contributed by atoms with Gasteiger partial charge in [0.1, 0.15) is 12.4 Å². The number of halogens is 2. The molecule has 160 valence electrons. The van der Waals surface area contributed by atoms with E-state index in [0.717, 1.165) is 60.5 Å². The summed E-state index contributed by atoms with van der Waals surface area (Å²) in [6.07, 6.45) is 1.12. The van der Waals surface area contributed by atoms with E-state index in [-0.39, 0.29) is 5.82 Å². The Labute approximate surface area is 182 Å². The Morgan fingerprint density at radius 1 is 1.00 bits per heavy atom. The quantitative estimate of drug-likeness (QED) is 0.401. The van der Waals surface area contributed by atoms with E-state index in [1.807, 2.05) is 19.1 Å². The first-order valence-electron chi connectivity index (χ1n) is 10.3. The molecule has 29 heavy (non-hydrogen) atoms. The third-order valence-corrected chi connectivity index (χ3v) is 5.50. The summed E-state index contributed by atoms with van der Waals surface area (Å²) in [5, 5.41) is 3.51. The van der Waals surface area contributed by atoms with Gasteiger partial charge in [0, 0.05) is 11.0 Å². The molecule has 6 heteroatoms. The number of hydrogen-bond acceptors (Lipinski definition) is 4. The molecule has 0 aliphatic rings. The highest BCUT2D eigenvalue weighted by molar-refractivity contribution is 9.10. The molecule has 2 rings (SSSR count). The monoisotopic (exact) mass is 466 g/mol. The van der Waals surface area contributed by atoms with Crippen LogP contribution in [0.25, 0.3) is 0 Å². The van der Waals surface area contributed by atoms with Crippen LogP contribution < -0.4 is 14.8 Å². The number of nitrogens with one attached hydrogen (secondary N) is 1. The van der Waals surface area contributed by atoms with Gasteiger partial charge in [0.05, 0.1) is 6.61 Å². The van der Waals surface area contributed by atoms with Gasteiger partial charge in [0.25, 0.3) is 0 Å². The molecule has 0 fully saturated rings. The van der Waals surface area contributed by atoms with Crippen LogP contribution in [-0.4, -0.2) is 37.7 Å². The second-order valence-electron chi connectivity index (χ2n) is 6.80. The van der Waals surface area contributed by atoms with Gasteiger partial charge in [0.15, 0.2) is 11.5 Å². The summed E-state index contributed by atoms with van der Waals surface area (Å²) in [4.78, 5) is 2.43. The van der Waals surface area contributed by atoms with E-state index in [1.54, 1.807) is 12.1 Å². The lowest BCUT2D eigenvalue weighted by Gasteiger charge is -2.18. The minimum absolute atomic E-state index is 0.250. The van der Waals surface area contributed by atoms with Crippen LogP contribution in [0.15, 0.2) is 40.9 Å². The molecule has 0 spiro atoms. The van der Waals surface area contributed by atoms with Gasteiger partial charge in [-0.3, -0.25) is 0 Å². The third-order valence-electron chi connectivity index (χ3n) is 4.76. The number of hydrogen-bond donors (Lipinski definition) is 1. The molecular formula is C23H32BrFN2O2. The largest absolute Gasteiger partial charge is 0.490 e. The van der Waals surface area contributed by atoms with Crippen LogP contribution in [0.5, 0.6) is 11.5 Å². The van der Waals surface area contributed by atoms with E-state index in [2.05, 4.69) is 40.0 Å². The van der Waals surface area contributed by atoms with E-state index < -0.39 is 0 Å². The molecule has 2 aromatic carbocycles. The molecule has 0 saturated heterocycles. The second kappa shape index (κ2) is 12.8. The van der Waals surface area contributed by atoms with Crippen LogP contribution in [0.3, 0.4) is 0 Å². The van der Waals surface area contributed by atoms with E-state index in [4.69, 9.17) is 9.47 Å². The van der Waals surface area contributed by atoms with E-state index in [0.29, 0.717) is 19.0 Å². The number of rotatable bonds is 13. The molecule has 2 aromatic rings. The molecule has 0 unspecified atom stereocenters. The molecule has 0 aromatic heterocycles. The first-order valence-corrected chi connectivity index (χ1v) is 11.1. The summed E-state index contributed by atoms with van der Waals surface area (Å²) in [7, 11) is 0. The Bertz CT molecular complexity index is 736. The van der Waals surface area contributed by atoms with Gasteiger partial charge in [-0.25, -0.2) is 4.39 Å². The van der Waals surface area contributed by atoms with Gasteiger partial charge in [-0.2, -0.15) is 0 Å². The van der Waals surface area contributed by atoms with Gasteiger partial charge in [-0.1, -0.05) is 41.9 Å². The molecule has 0 radical (unpaired) electrons. The minimum Gasteiger partial charge on any atom is -0.490 e. The number of nitrogens with zero attached hydrogens (tertiary/aromatic N) is 1. The van der Waals surface area contributed by atoms with E-state index >= 15 is 0 Å². The summed E-state index contributed by atoms with van der Waals surface area (Å²) >= 11 is 3.65. The standard InChI is InChI=1S/C23H32BrFN2O2/c1-4-27(5-2)13-7-12-26-16-19-14-22(28-6-3)23(15-21(19)24)29-17-18-8-10-20(25)11-9-18/h8-11,14-15,26H,4-7,12-13,16-17H2,1-3H3. The minimum atomic E-state index is -0.250. The van der Waals surface area contributed by atoms with Gasteiger partial charge in [-0.05, 0) is 74.9 Å². The predicted molar refractivity (Wildman–Crippen MR) is 120 cm³/mol. The molecule has 0 aliphatic heterocycles. The van der Waals surface area contributed by atoms with Crippen LogP contribution in [-0.2, 0) is 13.2 Å². The van der Waals surface area contributed by atoms with Gasteiger partial charge in [-0.15, -0.1) is 0 Å². The Hall–Kier alpha value is -1.63. The number of benzene rings is 2. The predicted octanol–water partition coefficient (Wildman–Crippen LogP) is 5.39. The lowest BCUT2D eigenvalue weighted by Crippen LogP contribution is -2.27. The normalized spacial score (nSPS) is 11.1. The molecule has 0 amide bonds. The second-order valence-corrected chi connectivity index (χ2v) is 7.65. The molecule has 4 nitrogen and oxygen atoms in total. The Kier molecular flexibility index (Phi) is 10.5. The van der Waals surface area contributed by atoms with Gasteiger partial charge in [0.2, 0.25) is 0 Å². The van der Waals surface area contributed by atoms with Crippen molar-refractivity contribution in [3.8, 4) is 11.5 Å². The van der Waals surface area contributed by atoms with Crippen molar-refractivity contribution in [2.24, 2.45) is 0 Å². The molecule has 0 aliphatic carbocycles. The van der Waals surface area contributed by atoms with E-state index in [1.165, 1.54) is 12.1 Å². The SMILES string of the molecule is CCOc1cc(CNCCCN(CC)CC)c(Br)cc1OCc1ccc(F)cc1. The fourth-order valence-corrected chi connectivity index (χ4v) is 3.49. The maximum absolute atomic E-state index is 13.1. The third kappa shape index (κ3) is 7.96. The lowest BCUT2D eigenvalue weighted by atomic mass is 10.2. The van der Waals surface area contributed by atoms with Crippen molar-refractivity contribution < 1.29 is 13.9 Å². The van der Waals surface area contributed by atoms with Crippen LogP contribution in [0.1, 0.15) is 38.3 Å². The first kappa shape index (κ1) is 23.6. The summed E-state index contributed by atoms with van der Waals surface area (Å²) < 4.78 is 25.8. The molecular weight excluding hydrogens is 435 g/mol. The van der Waals surface area contributed by atoms with Crippen molar-refractivity contribution in [2.45, 2.75) is 40.3 Å². The zero-order valence-corrected chi connectivity index (χ0v) is 19.2. The van der Waals surface area contributed by atoms with Crippen LogP contribution in [0, 0.1) is 5.82 Å².